The Balaban J connectivity index is 1.14. The normalized spacial score (nSPS) is 32.8. The second-order valence-electron chi connectivity index (χ2n) is 10.5. The minimum Gasteiger partial charge on any atom is -0.512 e. The van der Waals surface area contributed by atoms with Crippen molar-refractivity contribution in [2.24, 2.45) is 27.7 Å². The first-order valence-electron chi connectivity index (χ1n) is 12.2. The summed E-state index contributed by atoms with van der Waals surface area (Å²) in [6.45, 7) is 7.03. The number of hydrogen-bond donors (Lipinski definition) is 2. The zero-order chi connectivity index (χ0) is 22.7. The fourth-order valence-electron chi connectivity index (χ4n) is 5.61. The maximum Gasteiger partial charge on any atom is 0.224 e. The van der Waals surface area contributed by atoms with Gasteiger partial charge in [0.15, 0.2) is 0 Å². The molecule has 1 aromatic carbocycles. The molecule has 1 aromatic rings. The van der Waals surface area contributed by atoms with Gasteiger partial charge in [0.05, 0.1) is 11.7 Å². The summed E-state index contributed by atoms with van der Waals surface area (Å²) >= 11 is 0. The molecule has 2 aliphatic heterocycles. The molecule has 1 saturated heterocycles. The summed E-state index contributed by atoms with van der Waals surface area (Å²) in [5.74, 6) is 3.78. The molecule has 7 heteroatoms. The molecule has 2 heterocycles. The number of benzene rings is 1. The average Bonchev–Trinajstić information content (AvgIpc) is 3.71. The number of guanidine groups is 1. The number of fused-ring (bicyclic) bond motifs is 2. The van der Waals surface area contributed by atoms with Crippen molar-refractivity contribution in [1.29, 1.82) is 0 Å². The van der Waals surface area contributed by atoms with E-state index in [-0.39, 0.29) is 5.66 Å². The van der Waals surface area contributed by atoms with Crippen LogP contribution in [0.1, 0.15) is 18.4 Å². The summed E-state index contributed by atoms with van der Waals surface area (Å²) in [6, 6.07) is 8.52. The summed E-state index contributed by atoms with van der Waals surface area (Å²) in [5.41, 5.74) is 3.67. The number of allylic oxidation sites excluding steroid dienone is 3. The Morgan fingerprint density at radius 2 is 1.85 bits per heavy atom. The number of aliphatic hydroxyl groups excluding tert-OH is 1. The molecule has 4 unspecified atom stereocenters. The van der Waals surface area contributed by atoms with E-state index in [1.165, 1.54) is 11.1 Å². The van der Waals surface area contributed by atoms with Gasteiger partial charge in [-0.2, -0.15) is 4.99 Å². The Morgan fingerprint density at radius 3 is 2.58 bits per heavy atom. The zero-order valence-electron chi connectivity index (χ0n) is 19.8. The van der Waals surface area contributed by atoms with Crippen LogP contribution in [0.25, 0.3) is 0 Å². The number of aryl methyl sites for hydroxylation is 1. The average molecular weight is 447 g/mol. The van der Waals surface area contributed by atoms with Crippen LogP contribution >= 0.6 is 0 Å². The van der Waals surface area contributed by atoms with Gasteiger partial charge in [0.25, 0.3) is 0 Å². The number of nitrogens with zero attached hydrogens (tertiary/aromatic N) is 5. The van der Waals surface area contributed by atoms with Crippen LogP contribution in [0.4, 0.5) is 5.69 Å². The van der Waals surface area contributed by atoms with E-state index in [0.717, 1.165) is 63.0 Å². The molecule has 6 rings (SSSR count). The highest BCUT2D eigenvalue weighted by molar-refractivity contribution is 6.08. The van der Waals surface area contributed by atoms with E-state index in [1.807, 2.05) is 6.08 Å². The highest BCUT2D eigenvalue weighted by Gasteiger charge is 2.61. The van der Waals surface area contributed by atoms with E-state index in [2.05, 4.69) is 71.4 Å². The van der Waals surface area contributed by atoms with Crippen LogP contribution in [0, 0.1) is 24.7 Å². The Morgan fingerprint density at radius 1 is 1.09 bits per heavy atom. The molecular weight excluding hydrogens is 412 g/mol. The minimum absolute atomic E-state index is 0.163. The highest BCUT2D eigenvalue weighted by atomic mass is 16.3. The molecule has 0 aromatic heterocycles. The molecule has 0 radical (unpaired) electrons. The molecule has 3 fully saturated rings. The molecule has 3 aliphatic carbocycles. The van der Waals surface area contributed by atoms with Crippen molar-refractivity contribution >= 4 is 17.5 Å². The Hall–Kier alpha value is -2.64. The Kier molecular flexibility index (Phi) is 4.89. The van der Waals surface area contributed by atoms with Crippen molar-refractivity contribution < 1.29 is 5.11 Å². The molecule has 33 heavy (non-hydrogen) atoms. The van der Waals surface area contributed by atoms with Crippen LogP contribution in [0.15, 0.2) is 57.7 Å². The second-order valence-corrected chi connectivity index (χ2v) is 10.5. The number of anilines is 1. The van der Waals surface area contributed by atoms with Crippen LogP contribution < -0.4 is 5.32 Å². The molecule has 2 N–H and O–H groups in total. The van der Waals surface area contributed by atoms with E-state index in [1.54, 1.807) is 0 Å². The van der Waals surface area contributed by atoms with Gasteiger partial charge in [0.1, 0.15) is 11.5 Å². The van der Waals surface area contributed by atoms with Gasteiger partial charge in [0.2, 0.25) is 5.96 Å². The van der Waals surface area contributed by atoms with Gasteiger partial charge in [-0.05, 0) is 51.6 Å². The third-order valence-electron chi connectivity index (χ3n) is 8.02. The maximum atomic E-state index is 9.90. The quantitative estimate of drug-likeness (QED) is 0.744. The van der Waals surface area contributed by atoms with E-state index >= 15 is 0 Å². The van der Waals surface area contributed by atoms with E-state index in [0.29, 0.717) is 23.5 Å². The molecule has 7 nitrogen and oxygen atoms in total. The zero-order valence-corrected chi connectivity index (χ0v) is 19.8. The summed E-state index contributed by atoms with van der Waals surface area (Å²) in [4.78, 5) is 17.3. The van der Waals surface area contributed by atoms with E-state index in [9.17, 15) is 5.11 Å². The Bertz CT molecular complexity index is 1060. The highest BCUT2D eigenvalue weighted by Crippen LogP contribution is 2.52. The number of aliphatic hydroxyl groups is 1. The molecule has 0 amide bonds. The van der Waals surface area contributed by atoms with Crippen molar-refractivity contribution in [1.82, 2.24) is 14.7 Å². The lowest BCUT2D eigenvalue weighted by atomic mass is 10.0. The van der Waals surface area contributed by atoms with Gasteiger partial charge >= 0.3 is 0 Å². The lowest BCUT2D eigenvalue weighted by Gasteiger charge is -2.37. The standard InChI is InChI=1S/C26H34N6O/c1-17-4-7-19(8-5-17)27-24-22-15-26(22,30(2)3)29-25(28-24)32-12-10-31(11-13-32)16-18-6-9-23(33)21-14-20(18)21/h4-9,20-22,33H,10-16H2,1-3H3,(H,27,28,29). The predicted molar refractivity (Wildman–Crippen MR) is 133 cm³/mol. The van der Waals surface area contributed by atoms with Crippen molar-refractivity contribution in [3.63, 3.8) is 0 Å². The SMILES string of the molecule is Cc1ccc(NC2=NC(N3CCN(CC4=CC=C(O)C5CC45)CC3)=NC3(N(C)C)CC23)cc1. The van der Waals surface area contributed by atoms with Crippen LogP contribution in [0.5, 0.6) is 0 Å². The molecule has 4 atom stereocenters. The molecule has 174 valence electrons. The maximum absolute atomic E-state index is 9.90. The third kappa shape index (κ3) is 3.77. The number of hydrogen-bond acceptors (Lipinski definition) is 7. The van der Waals surface area contributed by atoms with Gasteiger partial charge in [-0.15, -0.1) is 0 Å². The van der Waals surface area contributed by atoms with Crippen LogP contribution in [0.3, 0.4) is 0 Å². The van der Waals surface area contributed by atoms with Crippen LogP contribution in [-0.2, 0) is 0 Å². The van der Waals surface area contributed by atoms with E-state index < -0.39 is 0 Å². The first-order valence-corrected chi connectivity index (χ1v) is 12.2. The fraction of sp³-hybridized carbons (Fsp3) is 0.538. The topological polar surface area (TPSA) is 66.7 Å². The number of piperazine rings is 1. The molecular formula is C26H34N6O. The number of aliphatic imine (C=N–C) groups is 2. The molecule has 0 spiro atoms. The number of amidine groups is 1. The van der Waals surface area contributed by atoms with Crippen molar-refractivity contribution in [3.8, 4) is 0 Å². The lowest BCUT2D eigenvalue weighted by Crippen LogP contribution is -2.51. The number of nitrogens with one attached hydrogen (secondary N) is 1. The second kappa shape index (κ2) is 7.71. The van der Waals surface area contributed by atoms with Gasteiger partial charge < -0.3 is 15.3 Å². The largest absolute Gasteiger partial charge is 0.512 e. The van der Waals surface area contributed by atoms with Gasteiger partial charge in [0, 0.05) is 50.7 Å². The fourth-order valence-corrected chi connectivity index (χ4v) is 5.61. The van der Waals surface area contributed by atoms with Crippen LogP contribution in [-0.4, -0.2) is 84.1 Å². The summed E-state index contributed by atoms with van der Waals surface area (Å²) in [6.07, 6.45) is 6.17. The first kappa shape index (κ1) is 20.9. The van der Waals surface area contributed by atoms with Crippen LogP contribution in [0.2, 0.25) is 0 Å². The molecule has 5 aliphatic rings. The van der Waals surface area contributed by atoms with Crippen molar-refractivity contribution in [2.45, 2.75) is 25.4 Å². The lowest BCUT2D eigenvalue weighted by molar-refractivity contribution is 0.187. The predicted octanol–water partition coefficient (Wildman–Crippen LogP) is 3.09. The monoisotopic (exact) mass is 446 g/mol. The summed E-state index contributed by atoms with van der Waals surface area (Å²) in [7, 11) is 4.26. The Labute approximate surface area is 196 Å². The molecule has 0 bridgehead atoms. The van der Waals surface area contributed by atoms with Crippen molar-refractivity contribution in [2.75, 3.05) is 52.1 Å². The van der Waals surface area contributed by atoms with Gasteiger partial charge in [-0.25, -0.2) is 4.99 Å². The first-order chi connectivity index (χ1) is 15.9. The van der Waals surface area contributed by atoms with Gasteiger partial charge in [-0.1, -0.05) is 29.3 Å². The van der Waals surface area contributed by atoms with Crippen molar-refractivity contribution in [3.05, 3.63) is 53.3 Å². The molecule has 2 saturated carbocycles. The summed E-state index contributed by atoms with van der Waals surface area (Å²) < 4.78 is 0. The summed E-state index contributed by atoms with van der Waals surface area (Å²) in [5, 5.41) is 13.5. The van der Waals surface area contributed by atoms with Gasteiger partial charge in [-0.3, -0.25) is 9.80 Å². The number of rotatable bonds is 4. The minimum atomic E-state index is -0.163. The van der Waals surface area contributed by atoms with E-state index in [4.69, 9.17) is 9.98 Å². The smallest absolute Gasteiger partial charge is 0.224 e. The third-order valence-corrected chi connectivity index (χ3v) is 8.02.